The zero-order chi connectivity index (χ0) is 23.8. The van der Waals surface area contributed by atoms with E-state index in [0.29, 0.717) is 0 Å². The number of nitrogens with two attached hydrogens (primary N) is 1. The van der Waals surface area contributed by atoms with Gasteiger partial charge in [-0.1, -0.05) is 34.1 Å². The highest BCUT2D eigenvalue weighted by atomic mass is 35.5. The van der Waals surface area contributed by atoms with Crippen molar-refractivity contribution in [3.63, 3.8) is 0 Å². The summed E-state index contributed by atoms with van der Waals surface area (Å²) in [6.07, 6.45) is 2.63. The van der Waals surface area contributed by atoms with Gasteiger partial charge in [-0.15, -0.1) is 23.7 Å². The van der Waals surface area contributed by atoms with Crippen LogP contribution in [0.1, 0.15) is 50.9 Å². The van der Waals surface area contributed by atoms with Crippen molar-refractivity contribution in [2.24, 2.45) is 22.6 Å². The highest BCUT2D eigenvalue weighted by Gasteiger charge is 2.21. The zero-order valence-electron chi connectivity index (χ0n) is 19.0. The zero-order valence-corrected chi connectivity index (χ0v) is 20.7. The average molecular weight is 501 g/mol. The maximum absolute atomic E-state index is 14.4. The van der Waals surface area contributed by atoms with Crippen molar-refractivity contribution >= 4 is 47.2 Å². The molecule has 0 aliphatic carbocycles. The molecule has 0 bridgehead atoms. The second-order valence-electron chi connectivity index (χ2n) is 7.92. The maximum Gasteiger partial charge on any atom is 0.324 e. The molecule has 182 valence electrons. The molecule has 2 aromatic rings. The molecule has 2 atom stereocenters. The Kier molecular flexibility index (Phi) is 11.4. The summed E-state index contributed by atoms with van der Waals surface area (Å²) in [5, 5.41) is 4.18. The van der Waals surface area contributed by atoms with Crippen LogP contribution in [-0.4, -0.2) is 28.4 Å². The Morgan fingerprint density at radius 2 is 1.97 bits per heavy atom. The first-order valence-electron chi connectivity index (χ1n) is 10.4. The fourth-order valence-corrected chi connectivity index (χ4v) is 3.39. The number of halogens is 2. The monoisotopic (exact) mass is 500 g/mol. The topological polar surface area (TPSA) is 116 Å². The van der Waals surface area contributed by atoms with Gasteiger partial charge in [-0.3, -0.25) is 19.0 Å². The first-order valence-corrected chi connectivity index (χ1v) is 11.2. The van der Waals surface area contributed by atoms with Gasteiger partial charge in [-0.2, -0.15) is 4.99 Å². The minimum Gasteiger partial charge on any atom is -0.443 e. The van der Waals surface area contributed by atoms with Crippen molar-refractivity contribution in [1.82, 2.24) is 4.57 Å². The Labute approximate surface area is 202 Å². The molecule has 0 saturated heterocycles. The average Bonchev–Trinajstić information content (AvgIpc) is 3.18. The predicted octanol–water partition coefficient (Wildman–Crippen LogP) is 3.71. The molecule has 3 N–H and O–H groups in total. The van der Waals surface area contributed by atoms with Crippen LogP contribution < -0.4 is 15.9 Å². The van der Waals surface area contributed by atoms with Gasteiger partial charge in [0.1, 0.15) is 11.9 Å². The van der Waals surface area contributed by atoms with Gasteiger partial charge in [0.25, 0.3) is 5.91 Å². The van der Waals surface area contributed by atoms with Gasteiger partial charge in [0, 0.05) is 23.6 Å². The molecule has 2 rings (SSSR count). The predicted molar refractivity (Wildman–Crippen MR) is 127 cm³/mol. The fourth-order valence-electron chi connectivity index (χ4n) is 2.67. The third-order valence-corrected chi connectivity index (χ3v) is 5.61. The molecular formula is C22H30ClFN4O4S. The van der Waals surface area contributed by atoms with E-state index in [0.717, 1.165) is 12.5 Å². The van der Waals surface area contributed by atoms with E-state index in [-0.39, 0.29) is 59.4 Å². The third kappa shape index (κ3) is 8.38. The van der Waals surface area contributed by atoms with Crippen LogP contribution in [0.2, 0.25) is 0 Å². The van der Waals surface area contributed by atoms with Crippen molar-refractivity contribution in [2.45, 2.75) is 53.3 Å². The second kappa shape index (κ2) is 13.2. The van der Waals surface area contributed by atoms with E-state index in [4.69, 9.17) is 10.5 Å². The van der Waals surface area contributed by atoms with E-state index in [1.807, 2.05) is 27.7 Å². The molecule has 0 unspecified atom stereocenters. The van der Waals surface area contributed by atoms with Crippen LogP contribution in [-0.2, 0) is 21.1 Å². The highest BCUT2D eigenvalue weighted by molar-refractivity contribution is 7.07. The van der Waals surface area contributed by atoms with Crippen molar-refractivity contribution in [3.8, 4) is 0 Å². The lowest BCUT2D eigenvalue weighted by molar-refractivity contribution is -0.150. The number of hydrogen-bond acceptors (Lipinski definition) is 6. The number of esters is 1. The van der Waals surface area contributed by atoms with Gasteiger partial charge in [-0.25, -0.2) is 4.39 Å². The van der Waals surface area contributed by atoms with Crippen LogP contribution >= 0.6 is 23.7 Å². The maximum atomic E-state index is 14.4. The number of anilines is 1. The molecule has 11 heteroatoms. The molecule has 2 amide bonds. The molecule has 0 fully saturated rings. The number of nitrogens with one attached hydrogen (secondary N) is 1. The summed E-state index contributed by atoms with van der Waals surface area (Å²) >= 11 is 1.17. The Morgan fingerprint density at radius 1 is 1.27 bits per heavy atom. The minimum atomic E-state index is -0.733. The summed E-state index contributed by atoms with van der Waals surface area (Å²) in [5.41, 5.74) is 5.90. The molecule has 0 radical (unpaired) electrons. The summed E-state index contributed by atoms with van der Waals surface area (Å²) in [6, 6.07) is 3.02. The molecule has 1 heterocycles. The molecule has 0 spiro atoms. The smallest absolute Gasteiger partial charge is 0.324 e. The lowest BCUT2D eigenvalue weighted by atomic mass is 10.0. The van der Waals surface area contributed by atoms with Gasteiger partial charge in [-0.05, 0) is 30.0 Å². The standard InChI is InChI=1S/C22H29FN4O4S.ClH/c1-5-14(4)19(24)21(30)31-12-27-8-9-32-22(27)26-20(29)15-6-7-17(16(23)11-15)25-18(28)10-13(2)3;/h6-9,11,13-14,19H,5,10,12,24H2,1-4H3,(H,25,28);1H/b26-22-;/t14-,19-;/m0./s1. The van der Waals surface area contributed by atoms with Gasteiger partial charge < -0.3 is 15.8 Å². The molecule has 33 heavy (non-hydrogen) atoms. The van der Waals surface area contributed by atoms with Crippen LogP contribution in [0.15, 0.2) is 34.8 Å². The second-order valence-corrected chi connectivity index (χ2v) is 8.79. The normalized spacial score (nSPS) is 13.2. The quantitative estimate of drug-likeness (QED) is 0.509. The summed E-state index contributed by atoms with van der Waals surface area (Å²) in [5.74, 6) is -2.11. The van der Waals surface area contributed by atoms with Crippen molar-refractivity contribution in [1.29, 1.82) is 0 Å². The molecule has 0 aliphatic heterocycles. The lowest BCUT2D eigenvalue weighted by Gasteiger charge is -2.16. The number of thiazole rings is 1. The van der Waals surface area contributed by atoms with Crippen LogP contribution in [0.25, 0.3) is 0 Å². The highest BCUT2D eigenvalue weighted by Crippen LogP contribution is 2.17. The van der Waals surface area contributed by atoms with Gasteiger partial charge in [0.05, 0.1) is 5.69 Å². The number of hydrogen-bond donors (Lipinski definition) is 2. The number of ether oxygens (including phenoxy) is 1. The summed E-state index contributed by atoms with van der Waals surface area (Å²) in [6.45, 7) is 7.42. The van der Waals surface area contributed by atoms with Crippen molar-refractivity contribution < 1.29 is 23.5 Å². The van der Waals surface area contributed by atoms with Crippen LogP contribution in [0.3, 0.4) is 0 Å². The summed E-state index contributed by atoms with van der Waals surface area (Å²) in [7, 11) is 0. The van der Waals surface area contributed by atoms with E-state index < -0.39 is 23.7 Å². The summed E-state index contributed by atoms with van der Waals surface area (Å²) < 4.78 is 21.1. The number of amides is 2. The number of rotatable bonds is 9. The number of nitrogens with zero attached hydrogens (tertiary/aromatic N) is 2. The Hall–Kier alpha value is -2.56. The first-order chi connectivity index (χ1) is 15.1. The van der Waals surface area contributed by atoms with Crippen molar-refractivity contribution in [2.75, 3.05) is 5.32 Å². The SMILES string of the molecule is CC[C@H](C)[C@H](N)C(=O)OCn1ccs/c1=N\C(=O)c1ccc(NC(=O)CC(C)C)c(F)c1.Cl. The number of carbonyl (C=O) groups is 3. The van der Waals surface area contributed by atoms with E-state index >= 15 is 0 Å². The Balaban J connectivity index is 0.00000544. The van der Waals surface area contributed by atoms with Crippen LogP contribution in [0.5, 0.6) is 0 Å². The van der Waals surface area contributed by atoms with Crippen LogP contribution in [0, 0.1) is 17.7 Å². The molecule has 8 nitrogen and oxygen atoms in total. The van der Waals surface area contributed by atoms with E-state index in [9.17, 15) is 18.8 Å². The van der Waals surface area contributed by atoms with Gasteiger partial charge >= 0.3 is 5.97 Å². The number of aromatic nitrogens is 1. The molecule has 1 aromatic heterocycles. The first kappa shape index (κ1) is 28.5. The fraction of sp³-hybridized carbons (Fsp3) is 0.455. The Morgan fingerprint density at radius 3 is 2.58 bits per heavy atom. The Bertz CT molecular complexity index is 1040. The number of carbonyl (C=O) groups excluding carboxylic acids is 3. The molecular weight excluding hydrogens is 471 g/mol. The van der Waals surface area contributed by atoms with Gasteiger partial charge in [0.2, 0.25) is 5.91 Å². The lowest BCUT2D eigenvalue weighted by Crippen LogP contribution is -2.38. The molecule has 1 aromatic carbocycles. The number of benzene rings is 1. The van der Waals surface area contributed by atoms with E-state index in [1.165, 1.54) is 28.0 Å². The third-order valence-electron chi connectivity index (χ3n) is 4.82. The van der Waals surface area contributed by atoms with Crippen molar-refractivity contribution in [3.05, 3.63) is 46.0 Å². The largest absolute Gasteiger partial charge is 0.443 e. The van der Waals surface area contributed by atoms with Crippen LogP contribution in [0.4, 0.5) is 10.1 Å². The summed E-state index contributed by atoms with van der Waals surface area (Å²) in [4.78, 5) is 40.7. The molecule has 0 aliphatic rings. The van der Waals surface area contributed by atoms with E-state index in [2.05, 4.69) is 10.3 Å². The minimum absolute atomic E-state index is 0. The molecule has 0 saturated carbocycles. The van der Waals surface area contributed by atoms with Gasteiger partial charge in [0.15, 0.2) is 11.5 Å². The van der Waals surface area contributed by atoms with E-state index in [1.54, 1.807) is 11.6 Å².